The Kier molecular flexibility index (Phi) is 8.01. The number of carbonyl (C=O) groups excluding carboxylic acids is 2. The fourth-order valence-corrected chi connectivity index (χ4v) is 5.12. The molecule has 1 unspecified atom stereocenters. The molecule has 9 nitrogen and oxygen atoms in total. The first kappa shape index (κ1) is 25.5. The summed E-state index contributed by atoms with van der Waals surface area (Å²) < 4.78 is 13.1. The Balaban J connectivity index is 1.53. The highest BCUT2D eigenvalue weighted by atomic mass is 16.5. The van der Waals surface area contributed by atoms with Crippen LogP contribution in [0.5, 0.6) is 5.75 Å². The van der Waals surface area contributed by atoms with Crippen LogP contribution in [0.1, 0.15) is 56.4 Å². The molecule has 38 heavy (non-hydrogen) atoms. The zero-order chi connectivity index (χ0) is 26.3. The second-order valence-corrected chi connectivity index (χ2v) is 9.55. The summed E-state index contributed by atoms with van der Waals surface area (Å²) in [4.78, 5) is 29.6. The molecular weight excluding hydrogens is 482 g/mol. The van der Waals surface area contributed by atoms with Gasteiger partial charge in [0.2, 0.25) is 11.8 Å². The summed E-state index contributed by atoms with van der Waals surface area (Å²) >= 11 is 0. The van der Waals surface area contributed by atoms with E-state index in [2.05, 4.69) is 15.6 Å². The van der Waals surface area contributed by atoms with Crippen molar-refractivity contribution in [1.82, 2.24) is 25.2 Å². The summed E-state index contributed by atoms with van der Waals surface area (Å²) in [6.07, 6.45) is 6.77. The Hall–Kier alpha value is -4.14. The predicted octanol–water partition coefficient (Wildman–Crippen LogP) is 4.64. The molecule has 1 saturated carbocycles. The van der Waals surface area contributed by atoms with Gasteiger partial charge in [0.05, 0.1) is 24.9 Å². The van der Waals surface area contributed by atoms with Gasteiger partial charge in [0.25, 0.3) is 0 Å². The van der Waals surface area contributed by atoms with Gasteiger partial charge in [0.15, 0.2) is 0 Å². The van der Waals surface area contributed by atoms with E-state index in [1.807, 2.05) is 55.5 Å². The predicted molar refractivity (Wildman–Crippen MR) is 142 cm³/mol. The number of hydrogen-bond acceptors (Lipinski definition) is 6. The second kappa shape index (κ2) is 11.9. The van der Waals surface area contributed by atoms with E-state index in [0.717, 1.165) is 31.2 Å². The second-order valence-electron chi connectivity index (χ2n) is 9.55. The van der Waals surface area contributed by atoms with E-state index in [9.17, 15) is 9.59 Å². The van der Waals surface area contributed by atoms with Crippen LogP contribution in [0.25, 0.3) is 11.0 Å². The van der Waals surface area contributed by atoms with Crippen LogP contribution in [-0.4, -0.2) is 44.4 Å². The normalized spacial score (nSPS) is 14.8. The van der Waals surface area contributed by atoms with Crippen molar-refractivity contribution >= 4 is 22.8 Å². The molecule has 1 N–H and O–H groups in total. The molecule has 0 aliphatic heterocycles. The van der Waals surface area contributed by atoms with Gasteiger partial charge in [-0.15, -0.1) is 5.10 Å². The summed E-state index contributed by atoms with van der Waals surface area (Å²) in [5.74, 6) is 0.632. The summed E-state index contributed by atoms with van der Waals surface area (Å²) in [5, 5.41) is 11.6. The van der Waals surface area contributed by atoms with Crippen molar-refractivity contribution in [2.75, 3.05) is 6.61 Å². The number of nitrogens with zero attached hydrogens (tertiary/aromatic N) is 4. The third-order valence-corrected chi connectivity index (χ3v) is 6.96. The van der Waals surface area contributed by atoms with Crippen molar-refractivity contribution in [3.05, 3.63) is 78.3 Å². The molecule has 0 saturated heterocycles. The van der Waals surface area contributed by atoms with Crippen LogP contribution in [-0.2, 0) is 22.7 Å². The molecule has 2 aromatic heterocycles. The molecule has 1 atom stereocenters. The fraction of sp³-hybridized carbons (Fsp3) is 0.379. The first-order valence-corrected chi connectivity index (χ1v) is 13.3. The van der Waals surface area contributed by atoms with Gasteiger partial charge >= 0.3 is 0 Å². The Morgan fingerprint density at radius 2 is 1.87 bits per heavy atom. The summed E-state index contributed by atoms with van der Waals surface area (Å²) in [7, 11) is 0. The molecular formula is C29H33N5O4. The lowest BCUT2D eigenvalue weighted by molar-refractivity contribution is -0.143. The van der Waals surface area contributed by atoms with Crippen LogP contribution >= 0.6 is 0 Å². The molecule has 5 rings (SSSR count). The van der Waals surface area contributed by atoms with Gasteiger partial charge in [0, 0.05) is 11.6 Å². The molecule has 1 aliphatic rings. The van der Waals surface area contributed by atoms with Crippen LogP contribution < -0.4 is 10.1 Å². The number of aromatic nitrogens is 3. The van der Waals surface area contributed by atoms with Crippen molar-refractivity contribution in [3.63, 3.8) is 0 Å². The highest BCUT2D eigenvalue weighted by molar-refractivity contribution is 5.90. The number of rotatable bonds is 10. The number of nitrogens with one attached hydrogen (secondary N) is 1. The Bertz CT molecular complexity index is 1360. The van der Waals surface area contributed by atoms with E-state index < -0.39 is 6.04 Å². The van der Waals surface area contributed by atoms with Gasteiger partial charge in [-0.1, -0.05) is 54.8 Å². The lowest BCUT2D eigenvalue weighted by Gasteiger charge is -2.33. The number of ether oxygens (including phenoxy) is 1. The average molecular weight is 516 g/mol. The Morgan fingerprint density at radius 3 is 2.66 bits per heavy atom. The molecule has 2 heterocycles. The molecule has 0 bridgehead atoms. The number of hydrogen-bond donors (Lipinski definition) is 1. The number of fused-ring (bicyclic) bond motifs is 1. The molecule has 9 heteroatoms. The van der Waals surface area contributed by atoms with Gasteiger partial charge in [-0.25, -0.2) is 4.68 Å². The smallest absolute Gasteiger partial charge is 0.247 e. The van der Waals surface area contributed by atoms with Crippen molar-refractivity contribution < 1.29 is 18.7 Å². The third kappa shape index (κ3) is 5.72. The summed E-state index contributed by atoms with van der Waals surface area (Å²) in [5.41, 5.74) is 2.08. The van der Waals surface area contributed by atoms with Gasteiger partial charge in [-0.05, 0) is 50.1 Å². The maximum Gasteiger partial charge on any atom is 0.247 e. The van der Waals surface area contributed by atoms with E-state index in [4.69, 9.17) is 9.15 Å². The van der Waals surface area contributed by atoms with Crippen LogP contribution in [0.15, 0.2) is 71.3 Å². The van der Waals surface area contributed by atoms with E-state index >= 15 is 0 Å². The average Bonchev–Trinajstić information content (AvgIpc) is 3.60. The lowest BCUT2D eigenvalue weighted by atomic mass is 9.94. The van der Waals surface area contributed by atoms with Crippen molar-refractivity contribution in [3.8, 4) is 5.75 Å². The third-order valence-electron chi connectivity index (χ3n) is 6.96. The number of furan rings is 1. The minimum Gasteiger partial charge on any atom is -0.494 e. The molecule has 1 aliphatic carbocycles. The van der Waals surface area contributed by atoms with Crippen molar-refractivity contribution in [1.29, 1.82) is 0 Å². The number of amides is 2. The van der Waals surface area contributed by atoms with Gasteiger partial charge < -0.3 is 19.4 Å². The summed E-state index contributed by atoms with van der Waals surface area (Å²) in [6.45, 7) is 2.37. The molecule has 0 radical (unpaired) electrons. The van der Waals surface area contributed by atoms with Gasteiger partial charge in [-0.2, -0.15) is 0 Å². The molecule has 2 aromatic carbocycles. The van der Waals surface area contributed by atoms with E-state index in [-0.39, 0.29) is 30.9 Å². The minimum atomic E-state index is -0.924. The Morgan fingerprint density at radius 1 is 1.08 bits per heavy atom. The van der Waals surface area contributed by atoms with E-state index in [1.54, 1.807) is 28.0 Å². The minimum absolute atomic E-state index is 0.0781. The molecule has 1 fully saturated rings. The zero-order valence-electron chi connectivity index (χ0n) is 21.6. The maximum absolute atomic E-state index is 14.0. The van der Waals surface area contributed by atoms with Crippen LogP contribution in [0.3, 0.4) is 0 Å². The van der Waals surface area contributed by atoms with E-state index in [0.29, 0.717) is 29.2 Å². The first-order valence-electron chi connectivity index (χ1n) is 13.3. The molecule has 0 spiro atoms. The standard InChI is InChI=1S/C29H33N5O4/c1-2-37-26-17-9-6-14-23(26)28(29(36)30-21-11-4-3-5-12-21)33(19-22-13-10-18-38-22)27(35)20-34-25-16-8-7-15-24(25)31-32-34/h6-10,13-18,21,28H,2-5,11-12,19-20H2,1H3,(H,30,36). The van der Waals surface area contributed by atoms with Gasteiger partial charge in [-0.3, -0.25) is 9.59 Å². The van der Waals surface area contributed by atoms with E-state index in [1.165, 1.54) is 6.42 Å². The van der Waals surface area contributed by atoms with Crippen LogP contribution in [0.4, 0.5) is 0 Å². The number of carbonyl (C=O) groups is 2. The molecule has 2 amide bonds. The Labute approximate surface area is 221 Å². The lowest BCUT2D eigenvalue weighted by Crippen LogP contribution is -2.47. The number of benzene rings is 2. The monoisotopic (exact) mass is 515 g/mol. The topological polar surface area (TPSA) is 102 Å². The van der Waals surface area contributed by atoms with Crippen molar-refractivity contribution in [2.24, 2.45) is 0 Å². The largest absolute Gasteiger partial charge is 0.494 e. The SMILES string of the molecule is CCOc1ccccc1C(C(=O)NC1CCCCC1)N(Cc1ccco1)C(=O)Cn1nnc2ccccc21. The first-order chi connectivity index (χ1) is 18.6. The molecule has 4 aromatic rings. The highest BCUT2D eigenvalue weighted by Crippen LogP contribution is 2.32. The summed E-state index contributed by atoms with van der Waals surface area (Å²) in [6, 6.07) is 17.6. The van der Waals surface area contributed by atoms with Crippen LogP contribution in [0.2, 0.25) is 0 Å². The maximum atomic E-state index is 14.0. The van der Waals surface area contributed by atoms with Crippen molar-refractivity contribution in [2.45, 2.75) is 64.2 Å². The zero-order valence-corrected chi connectivity index (χ0v) is 21.6. The highest BCUT2D eigenvalue weighted by Gasteiger charge is 2.35. The fourth-order valence-electron chi connectivity index (χ4n) is 5.12. The quantitative estimate of drug-likeness (QED) is 0.330. The number of para-hydroxylation sites is 2. The van der Waals surface area contributed by atoms with Crippen LogP contribution in [0, 0.1) is 0 Å². The van der Waals surface area contributed by atoms with Gasteiger partial charge in [0.1, 0.15) is 29.6 Å². The molecule has 198 valence electrons.